The molecule has 5 nitrogen and oxygen atoms in total. The van der Waals surface area contributed by atoms with Crippen LogP contribution in [0.4, 0.5) is 0 Å². The van der Waals surface area contributed by atoms with Crippen LogP contribution in [-0.2, 0) is 16.8 Å². The number of hydrogen-bond donors (Lipinski definition) is 1. The summed E-state index contributed by atoms with van der Waals surface area (Å²) >= 11 is 6.10. The zero-order valence-electron chi connectivity index (χ0n) is 14.4. The minimum absolute atomic E-state index is 0.0388. The fourth-order valence-corrected chi connectivity index (χ4v) is 3.48. The molecule has 1 amide bonds. The first-order valence-electron chi connectivity index (χ1n) is 8.59. The molecule has 1 fully saturated rings. The Morgan fingerprint density at radius 1 is 1.23 bits per heavy atom. The van der Waals surface area contributed by atoms with E-state index in [1.807, 2.05) is 54.1 Å². The van der Waals surface area contributed by atoms with Gasteiger partial charge in [-0.3, -0.25) is 9.36 Å². The van der Waals surface area contributed by atoms with Crippen LogP contribution in [0.5, 0.6) is 0 Å². The number of carbonyl (C=O) groups is 1. The van der Waals surface area contributed by atoms with Gasteiger partial charge in [0.2, 0.25) is 5.91 Å². The van der Waals surface area contributed by atoms with E-state index in [-0.39, 0.29) is 5.91 Å². The van der Waals surface area contributed by atoms with Gasteiger partial charge in [-0.25, -0.2) is 9.97 Å². The highest BCUT2D eigenvalue weighted by molar-refractivity contribution is 6.30. The lowest BCUT2D eigenvalue weighted by atomic mass is 9.95. The number of aromatic nitrogens is 3. The Kier molecular flexibility index (Phi) is 4.24. The number of carbonyl (C=O) groups excluding carboxylic acids is 1. The molecule has 0 atom stereocenters. The van der Waals surface area contributed by atoms with Crippen LogP contribution in [0.3, 0.4) is 0 Å². The van der Waals surface area contributed by atoms with Crippen molar-refractivity contribution >= 4 is 17.5 Å². The van der Waals surface area contributed by atoms with Crippen LogP contribution in [0.1, 0.15) is 29.8 Å². The van der Waals surface area contributed by atoms with Crippen LogP contribution in [0.15, 0.2) is 55.0 Å². The van der Waals surface area contributed by atoms with Crippen LogP contribution >= 0.6 is 11.6 Å². The Morgan fingerprint density at radius 2 is 2.08 bits per heavy atom. The molecule has 0 spiro atoms. The highest BCUT2D eigenvalue weighted by Gasteiger charge is 2.51. The van der Waals surface area contributed by atoms with Crippen molar-refractivity contribution in [3.8, 4) is 5.82 Å². The molecule has 1 aliphatic rings. The van der Waals surface area contributed by atoms with Crippen molar-refractivity contribution in [3.63, 3.8) is 0 Å². The largest absolute Gasteiger partial charge is 0.351 e. The summed E-state index contributed by atoms with van der Waals surface area (Å²) in [5.41, 5.74) is 1.49. The average molecular weight is 367 g/mol. The van der Waals surface area contributed by atoms with E-state index in [1.54, 1.807) is 12.4 Å². The standard InChI is InChI=1S/C20H19ClN4O/c1-14-22-10-11-25(14)18-15(4-3-9-23-18)13-24-19(26)20(7-8-20)16-5-2-6-17(21)12-16/h2-6,9-12H,7-8,13H2,1H3,(H,24,26). The molecule has 1 aromatic carbocycles. The normalized spacial score (nSPS) is 14.8. The van der Waals surface area contributed by atoms with E-state index in [0.717, 1.165) is 35.6 Å². The van der Waals surface area contributed by atoms with Gasteiger partial charge in [0.15, 0.2) is 0 Å². The lowest BCUT2D eigenvalue weighted by Gasteiger charge is -2.17. The second-order valence-electron chi connectivity index (χ2n) is 6.61. The first kappa shape index (κ1) is 16.8. The van der Waals surface area contributed by atoms with E-state index in [4.69, 9.17) is 11.6 Å². The summed E-state index contributed by atoms with van der Waals surface area (Å²) in [5.74, 6) is 1.68. The van der Waals surface area contributed by atoms with E-state index in [0.29, 0.717) is 11.6 Å². The lowest BCUT2D eigenvalue weighted by molar-refractivity contribution is -0.123. The topological polar surface area (TPSA) is 59.8 Å². The number of rotatable bonds is 5. The van der Waals surface area contributed by atoms with Crippen molar-refractivity contribution in [2.45, 2.75) is 31.7 Å². The van der Waals surface area contributed by atoms with Gasteiger partial charge in [0, 0.05) is 35.7 Å². The van der Waals surface area contributed by atoms with Gasteiger partial charge in [0.25, 0.3) is 0 Å². The summed E-state index contributed by atoms with van der Waals surface area (Å²) in [7, 11) is 0. The number of imidazole rings is 1. The maximum atomic E-state index is 12.9. The number of halogens is 1. The molecule has 0 aliphatic heterocycles. The first-order valence-corrected chi connectivity index (χ1v) is 8.96. The van der Waals surface area contributed by atoms with E-state index in [1.165, 1.54) is 0 Å². The lowest BCUT2D eigenvalue weighted by Crippen LogP contribution is -2.34. The Bertz CT molecular complexity index is 962. The molecule has 0 radical (unpaired) electrons. The van der Waals surface area contributed by atoms with Gasteiger partial charge < -0.3 is 5.32 Å². The monoisotopic (exact) mass is 366 g/mol. The molecule has 0 unspecified atom stereocenters. The second kappa shape index (κ2) is 6.57. The predicted octanol–water partition coefficient (Wildman–Crippen LogP) is 3.58. The number of amides is 1. The fourth-order valence-electron chi connectivity index (χ4n) is 3.29. The molecule has 2 heterocycles. The third-order valence-electron chi connectivity index (χ3n) is 4.92. The Morgan fingerprint density at radius 3 is 2.77 bits per heavy atom. The molecule has 132 valence electrons. The molecular weight excluding hydrogens is 348 g/mol. The molecule has 2 aromatic heterocycles. The van der Waals surface area contributed by atoms with Crippen molar-refractivity contribution in [2.75, 3.05) is 0 Å². The Balaban J connectivity index is 1.54. The van der Waals surface area contributed by atoms with Crippen molar-refractivity contribution < 1.29 is 4.79 Å². The predicted molar refractivity (Wildman–Crippen MR) is 100 cm³/mol. The van der Waals surface area contributed by atoms with E-state index < -0.39 is 5.41 Å². The summed E-state index contributed by atoms with van der Waals surface area (Å²) in [4.78, 5) is 21.6. The van der Waals surface area contributed by atoms with Gasteiger partial charge in [-0.15, -0.1) is 0 Å². The van der Waals surface area contributed by atoms with Crippen molar-refractivity contribution in [1.29, 1.82) is 0 Å². The van der Waals surface area contributed by atoms with Gasteiger partial charge in [-0.05, 0) is 43.5 Å². The SMILES string of the molecule is Cc1nccn1-c1ncccc1CNC(=O)C1(c2cccc(Cl)c2)CC1. The maximum Gasteiger partial charge on any atom is 0.230 e. The Labute approximate surface area is 157 Å². The van der Waals surface area contributed by atoms with Gasteiger partial charge in [0.05, 0.1) is 5.41 Å². The number of hydrogen-bond acceptors (Lipinski definition) is 3. The average Bonchev–Trinajstić information content (AvgIpc) is 3.36. The Hall–Kier alpha value is -2.66. The molecule has 6 heteroatoms. The van der Waals surface area contributed by atoms with Crippen LogP contribution < -0.4 is 5.32 Å². The summed E-state index contributed by atoms with van der Waals surface area (Å²) in [6.07, 6.45) is 7.05. The zero-order chi connectivity index (χ0) is 18.1. The van der Waals surface area contributed by atoms with E-state index >= 15 is 0 Å². The first-order chi connectivity index (χ1) is 12.6. The number of benzene rings is 1. The molecule has 0 bridgehead atoms. The van der Waals surface area contributed by atoms with Crippen LogP contribution in [0.2, 0.25) is 5.02 Å². The number of pyridine rings is 1. The number of nitrogens with zero attached hydrogens (tertiary/aromatic N) is 3. The molecule has 26 heavy (non-hydrogen) atoms. The van der Waals surface area contributed by atoms with Crippen molar-refractivity contribution in [1.82, 2.24) is 19.9 Å². The van der Waals surface area contributed by atoms with E-state index in [9.17, 15) is 4.79 Å². The smallest absolute Gasteiger partial charge is 0.230 e. The summed E-state index contributed by atoms with van der Waals surface area (Å²) in [6.45, 7) is 2.34. The minimum atomic E-state index is -0.446. The summed E-state index contributed by atoms with van der Waals surface area (Å²) < 4.78 is 1.92. The molecular formula is C20H19ClN4O. The fraction of sp³-hybridized carbons (Fsp3) is 0.250. The third kappa shape index (κ3) is 2.99. The molecule has 3 aromatic rings. The van der Waals surface area contributed by atoms with E-state index in [2.05, 4.69) is 15.3 Å². The van der Waals surface area contributed by atoms with Crippen molar-refractivity contribution in [2.24, 2.45) is 0 Å². The van der Waals surface area contributed by atoms with Gasteiger partial charge in [0.1, 0.15) is 11.6 Å². The molecule has 1 saturated carbocycles. The molecule has 1 N–H and O–H groups in total. The number of aryl methyl sites for hydroxylation is 1. The summed E-state index contributed by atoms with van der Waals surface area (Å²) in [5, 5.41) is 3.74. The van der Waals surface area contributed by atoms with Gasteiger partial charge in [-0.1, -0.05) is 29.8 Å². The summed E-state index contributed by atoms with van der Waals surface area (Å²) in [6, 6.07) is 11.4. The van der Waals surface area contributed by atoms with Crippen LogP contribution in [-0.4, -0.2) is 20.4 Å². The maximum absolute atomic E-state index is 12.9. The van der Waals surface area contributed by atoms with Crippen molar-refractivity contribution in [3.05, 3.63) is 77.0 Å². The quantitative estimate of drug-likeness (QED) is 0.750. The third-order valence-corrected chi connectivity index (χ3v) is 5.16. The minimum Gasteiger partial charge on any atom is -0.351 e. The molecule has 1 aliphatic carbocycles. The second-order valence-corrected chi connectivity index (χ2v) is 7.04. The molecule has 0 saturated heterocycles. The molecule has 4 rings (SSSR count). The van der Waals surface area contributed by atoms with Gasteiger partial charge >= 0.3 is 0 Å². The van der Waals surface area contributed by atoms with Crippen LogP contribution in [0, 0.1) is 6.92 Å². The number of nitrogens with one attached hydrogen (secondary N) is 1. The zero-order valence-corrected chi connectivity index (χ0v) is 15.2. The van der Waals surface area contributed by atoms with Crippen LogP contribution in [0.25, 0.3) is 5.82 Å². The van der Waals surface area contributed by atoms with Gasteiger partial charge in [-0.2, -0.15) is 0 Å². The highest BCUT2D eigenvalue weighted by Crippen LogP contribution is 2.48. The highest BCUT2D eigenvalue weighted by atomic mass is 35.5.